The van der Waals surface area contributed by atoms with Gasteiger partial charge in [0.15, 0.2) is 8.68 Å². The molecule has 0 saturated carbocycles. The van der Waals surface area contributed by atoms with E-state index in [1.165, 1.54) is 17.5 Å². The van der Waals surface area contributed by atoms with E-state index in [0.717, 1.165) is 11.3 Å². The molecule has 6 nitrogen and oxygen atoms in total. The highest BCUT2D eigenvalue weighted by atomic mass is 35.5. The maximum absolute atomic E-state index is 12.1. The van der Waals surface area contributed by atoms with Crippen LogP contribution in [0.5, 0.6) is 0 Å². The molecule has 0 atom stereocenters. The quantitative estimate of drug-likeness (QED) is 0.862. The minimum Gasteiger partial charge on any atom is -0.361 e. The fourth-order valence-corrected chi connectivity index (χ4v) is 3.96. The molecule has 18 heavy (non-hydrogen) atoms. The van der Waals surface area contributed by atoms with Crippen molar-refractivity contribution in [2.45, 2.75) is 17.7 Å². The van der Waals surface area contributed by atoms with Crippen LogP contribution in [0.2, 0.25) is 4.47 Å². The second-order valence-electron chi connectivity index (χ2n) is 3.62. The molecule has 0 aromatic carbocycles. The van der Waals surface area contributed by atoms with Crippen molar-refractivity contribution >= 4 is 33.0 Å². The molecule has 0 spiro atoms. The molecule has 0 aliphatic carbocycles. The Morgan fingerprint density at radius 1 is 1.56 bits per heavy atom. The van der Waals surface area contributed by atoms with Gasteiger partial charge in [0.05, 0.1) is 18.4 Å². The van der Waals surface area contributed by atoms with E-state index in [4.69, 9.17) is 16.1 Å². The molecule has 2 rings (SSSR count). The Kier molecular flexibility index (Phi) is 3.71. The average molecular weight is 308 g/mol. The predicted octanol–water partition coefficient (Wildman–Crippen LogP) is 1.91. The van der Waals surface area contributed by atoms with E-state index >= 15 is 0 Å². The lowest BCUT2D eigenvalue weighted by atomic mass is 10.4. The third-order valence-electron chi connectivity index (χ3n) is 2.18. The molecule has 2 aromatic heterocycles. The highest BCUT2D eigenvalue weighted by molar-refractivity contribution is 7.91. The van der Waals surface area contributed by atoms with Crippen molar-refractivity contribution in [3.63, 3.8) is 0 Å². The summed E-state index contributed by atoms with van der Waals surface area (Å²) in [5.74, 6) is 0.636. The first-order valence-corrected chi connectivity index (χ1v) is 7.53. The zero-order valence-corrected chi connectivity index (χ0v) is 12.0. The van der Waals surface area contributed by atoms with Gasteiger partial charge in [0.2, 0.25) is 0 Å². The maximum Gasteiger partial charge on any atom is 0.254 e. The third-order valence-corrected chi connectivity index (χ3v) is 5.54. The summed E-state index contributed by atoms with van der Waals surface area (Å²) < 4.78 is 30.6. The Bertz CT molecular complexity index is 650. The number of sulfonamides is 1. The highest BCUT2D eigenvalue weighted by Crippen LogP contribution is 2.25. The van der Waals surface area contributed by atoms with Gasteiger partial charge in [0.25, 0.3) is 10.0 Å². The molecule has 0 saturated heterocycles. The van der Waals surface area contributed by atoms with E-state index in [1.54, 1.807) is 13.0 Å². The number of thiazole rings is 1. The van der Waals surface area contributed by atoms with E-state index < -0.39 is 10.0 Å². The zero-order valence-electron chi connectivity index (χ0n) is 9.62. The fraction of sp³-hybridized carbons (Fsp3) is 0.333. The van der Waals surface area contributed by atoms with E-state index in [-0.39, 0.29) is 15.2 Å². The zero-order chi connectivity index (χ0) is 13.3. The van der Waals surface area contributed by atoms with Crippen molar-refractivity contribution in [2.75, 3.05) is 7.05 Å². The number of aromatic nitrogens is 2. The number of hydrogen-bond acceptors (Lipinski definition) is 6. The van der Waals surface area contributed by atoms with Gasteiger partial charge in [0, 0.05) is 13.1 Å². The van der Waals surface area contributed by atoms with Crippen molar-refractivity contribution in [1.82, 2.24) is 14.4 Å². The number of hydrogen-bond donors (Lipinski definition) is 0. The molecule has 0 radical (unpaired) electrons. The van der Waals surface area contributed by atoms with Crippen LogP contribution in [-0.4, -0.2) is 29.9 Å². The summed E-state index contributed by atoms with van der Waals surface area (Å²) in [7, 11) is -2.12. The molecule has 0 aliphatic rings. The molecule has 98 valence electrons. The Labute approximate surface area is 113 Å². The number of halogens is 1. The highest BCUT2D eigenvalue weighted by Gasteiger charge is 2.24. The molecule has 0 aliphatic heterocycles. The Balaban J connectivity index is 2.20. The second kappa shape index (κ2) is 4.96. The molecular formula is C9H10ClN3O3S2. The average Bonchev–Trinajstić information content (AvgIpc) is 2.88. The normalized spacial score (nSPS) is 12.2. The largest absolute Gasteiger partial charge is 0.361 e. The van der Waals surface area contributed by atoms with Crippen LogP contribution in [0.3, 0.4) is 0 Å². The summed E-state index contributed by atoms with van der Waals surface area (Å²) >= 11 is 6.55. The van der Waals surface area contributed by atoms with Crippen molar-refractivity contribution < 1.29 is 12.9 Å². The van der Waals surface area contributed by atoms with Gasteiger partial charge in [-0.15, -0.1) is 0 Å². The number of rotatable bonds is 4. The molecule has 2 aromatic rings. The molecule has 9 heteroatoms. The predicted molar refractivity (Wildman–Crippen MR) is 67.0 cm³/mol. The Hall–Kier alpha value is -0.960. The van der Waals surface area contributed by atoms with Crippen LogP contribution in [-0.2, 0) is 16.6 Å². The molecule has 0 bridgehead atoms. The van der Waals surface area contributed by atoms with Gasteiger partial charge in [0.1, 0.15) is 5.76 Å². The number of aryl methyl sites for hydroxylation is 1. The van der Waals surface area contributed by atoms with Crippen LogP contribution in [0.4, 0.5) is 0 Å². The van der Waals surface area contributed by atoms with Gasteiger partial charge < -0.3 is 4.52 Å². The lowest BCUT2D eigenvalue weighted by Crippen LogP contribution is -2.25. The molecule has 2 heterocycles. The molecule has 0 N–H and O–H groups in total. The molecular weight excluding hydrogens is 298 g/mol. The van der Waals surface area contributed by atoms with E-state index in [0.29, 0.717) is 11.5 Å². The molecule has 0 unspecified atom stereocenters. The second-order valence-corrected chi connectivity index (χ2v) is 7.51. The van der Waals surface area contributed by atoms with Crippen LogP contribution in [0.25, 0.3) is 0 Å². The van der Waals surface area contributed by atoms with Crippen molar-refractivity contribution in [3.05, 3.63) is 28.2 Å². The standard InChI is InChI=1S/C9H10ClN3O3S2/c1-6-3-7(12-16-6)5-13(2)18(14,15)8-4-11-9(10)17-8/h3-4H,5H2,1-2H3. The van der Waals surface area contributed by atoms with Gasteiger partial charge in [-0.1, -0.05) is 28.1 Å². The van der Waals surface area contributed by atoms with Crippen molar-refractivity contribution in [3.8, 4) is 0 Å². The van der Waals surface area contributed by atoms with E-state index in [9.17, 15) is 8.42 Å². The van der Waals surface area contributed by atoms with Crippen molar-refractivity contribution in [2.24, 2.45) is 0 Å². The van der Waals surface area contributed by atoms with Gasteiger partial charge in [-0.3, -0.25) is 0 Å². The molecule has 0 amide bonds. The van der Waals surface area contributed by atoms with E-state index in [2.05, 4.69) is 10.1 Å². The first kappa shape index (κ1) is 13.5. The summed E-state index contributed by atoms with van der Waals surface area (Å²) in [6.45, 7) is 1.88. The monoisotopic (exact) mass is 307 g/mol. The topological polar surface area (TPSA) is 76.3 Å². The Morgan fingerprint density at radius 2 is 2.28 bits per heavy atom. The van der Waals surface area contributed by atoms with Crippen LogP contribution in [0.15, 0.2) is 21.0 Å². The first-order valence-electron chi connectivity index (χ1n) is 4.89. The van der Waals surface area contributed by atoms with Gasteiger partial charge in [-0.2, -0.15) is 4.31 Å². The van der Waals surface area contributed by atoms with Gasteiger partial charge in [-0.05, 0) is 6.92 Å². The lowest BCUT2D eigenvalue weighted by molar-refractivity contribution is 0.378. The van der Waals surface area contributed by atoms with Crippen LogP contribution >= 0.6 is 22.9 Å². The number of nitrogens with zero attached hydrogens (tertiary/aromatic N) is 3. The minimum absolute atomic E-state index is 0.107. The third kappa shape index (κ3) is 2.72. The maximum atomic E-state index is 12.1. The van der Waals surface area contributed by atoms with Crippen LogP contribution < -0.4 is 0 Å². The summed E-state index contributed by atoms with van der Waals surface area (Å²) in [5, 5.41) is 3.75. The molecule has 0 fully saturated rings. The van der Waals surface area contributed by atoms with Crippen LogP contribution in [0.1, 0.15) is 11.5 Å². The first-order chi connectivity index (χ1) is 8.39. The van der Waals surface area contributed by atoms with Gasteiger partial charge in [-0.25, -0.2) is 13.4 Å². The summed E-state index contributed by atoms with van der Waals surface area (Å²) in [6.07, 6.45) is 1.24. The Morgan fingerprint density at radius 3 is 2.78 bits per heavy atom. The van der Waals surface area contributed by atoms with Crippen molar-refractivity contribution in [1.29, 1.82) is 0 Å². The summed E-state index contributed by atoms with van der Waals surface area (Å²) in [6, 6.07) is 1.69. The van der Waals surface area contributed by atoms with E-state index in [1.807, 2.05) is 0 Å². The summed E-state index contributed by atoms with van der Waals surface area (Å²) in [5.41, 5.74) is 0.550. The SMILES string of the molecule is Cc1cc(CN(C)S(=O)(=O)c2cnc(Cl)s2)no1. The smallest absolute Gasteiger partial charge is 0.254 e. The fourth-order valence-electron chi connectivity index (χ4n) is 1.32. The minimum atomic E-state index is -3.58. The lowest BCUT2D eigenvalue weighted by Gasteiger charge is -2.13. The summed E-state index contributed by atoms with van der Waals surface area (Å²) in [4.78, 5) is 3.72. The van der Waals surface area contributed by atoms with Crippen LogP contribution in [0, 0.1) is 6.92 Å². The van der Waals surface area contributed by atoms with Gasteiger partial charge >= 0.3 is 0 Å².